The number of thiazole rings is 1. The second-order valence-corrected chi connectivity index (χ2v) is 10.6. The molecule has 0 aliphatic carbocycles. The van der Waals surface area contributed by atoms with Crippen molar-refractivity contribution in [3.05, 3.63) is 53.9 Å². The van der Waals surface area contributed by atoms with Gasteiger partial charge in [-0.3, -0.25) is 0 Å². The number of piperidine rings is 1. The number of hydrogen-bond acceptors (Lipinski definition) is 7. The van der Waals surface area contributed by atoms with E-state index in [-0.39, 0.29) is 4.90 Å². The summed E-state index contributed by atoms with van der Waals surface area (Å²) in [5.41, 5.74) is 1.81. The first-order valence-corrected chi connectivity index (χ1v) is 12.5. The Bertz CT molecular complexity index is 1190. The molecule has 33 heavy (non-hydrogen) atoms. The molecule has 1 aliphatic rings. The van der Waals surface area contributed by atoms with E-state index in [1.165, 1.54) is 11.3 Å². The Morgan fingerprint density at radius 3 is 2.18 bits per heavy atom. The summed E-state index contributed by atoms with van der Waals surface area (Å²) in [6, 6.07) is 12.0. The predicted octanol–water partition coefficient (Wildman–Crippen LogP) is 5.16. The summed E-state index contributed by atoms with van der Waals surface area (Å²) in [7, 11) is -2.06. The van der Waals surface area contributed by atoms with Gasteiger partial charge in [0, 0.05) is 24.0 Å². The molecule has 3 aromatic rings. The van der Waals surface area contributed by atoms with Gasteiger partial charge in [-0.1, -0.05) is 0 Å². The van der Waals surface area contributed by atoms with Crippen LogP contribution in [0, 0.1) is 0 Å². The Morgan fingerprint density at radius 1 is 1.00 bits per heavy atom. The third kappa shape index (κ3) is 5.41. The molecule has 0 amide bonds. The number of ether oxygens (including phenoxy) is 2. The predicted molar refractivity (Wildman–Crippen MR) is 120 cm³/mol. The van der Waals surface area contributed by atoms with Gasteiger partial charge in [0.05, 0.1) is 22.9 Å². The maximum absolute atomic E-state index is 13.0. The molecule has 0 radical (unpaired) electrons. The lowest BCUT2D eigenvalue weighted by atomic mass is 10.1. The summed E-state index contributed by atoms with van der Waals surface area (Å²) in [6.45, 7) is 1.05. The normalized spacial score (nSPS) is 15.5. The molecule has 1 saturated heterocycles. The SMILES string of the molecule is COc1ccc(-c2csc(N3CCC(S(=O)(=O)c4ccc(OC(F)(F)F)cc4)CC3)n2)cc1. The second kappa shape index (κ2) is 9.22. The van der Waals surface area contributed by atoms with E-state index in [0.717, 1.165) is 46.4 Å². The average Bonchev–Trinajstić information content (AvgIpc) is 3.29. The molecule has 0 atom stereocenters. The highest BCUT2D eigenvalue weighted by Gasteiger charge is 2.33. The van der Waals surface area contributed by atoms with Crippen molar-refractivity contribution in [1.29, 1.82) is 0 Å². The van der Waals surface area contributed by atoms with E-state index >= 15 is 0 Å². The minimum atomic E-state index is -4.82. The molecule has 1 aliphatic heterocycles. The lowest BCUT2D eigenvalue weighted by Crippen LogP contribution is -2.39. The fourth-order valence-corrected chi connectivity index (χ4v) is 6.30. The van der Waals surface area contributed by atoms with Crippen molar-refractivity contribution in [1.82, 2.24) is 4.98 Å². The number of alkyl halides is 3. The van der Waals surface area contributed by atoms with Crippen LogP contribution >= 0.6 is 11.3 Å². The molecule has 0 spiro atoms. The highest BCUT2D eigenvalue weighted by molar-refractivity contribution is 7.92. The first-order chi connectivity index (χ1) is 15.7. The smallest absolute Gasteiger partial charge is 0.497 e. The second-order valence-electron chi connectivity index (χ2n) is 7.49. The standard InChI is InChI=1S/C22H21F3N2O4S2/c1-30-16-4-2-15(3-5-16)20-14-32-21(26-20)27-12-10-19(11-13-27)33(28,29)18-8-6-17(7-9-18)31-22(23,24)25/h2-9,14,19H,10-13H2,1H3. The molecule has 0 unspecified atom stereocenters. The van der Waals surface area contributed by atoms with Crippen molar-refractivity contribution >= 4 is 26.3 Å². The summed E-state index contributed by atoms with van der Waals surface area (Å²) >= 11 is 1.50. The van der Waals surface area contributed by atoms with Gasteiger partial charge in [-0.15, -0.1) is 24.5 Å². The van der Waals surface area contributed by atoms with E-state index in [1.807, 2.05) is 29.6 Å². The summed E-state index contributed by atoms with van der Waals surface area (Å²) in [6.07, 6.45) is -4.02. The van der Waals surface area contributed by atoms with E-state index < -0.39 is 27.2 Å². The van der Waals surface area contributed by atoms with Crippen molar-refractivity contribution in [2.75, 3.05) is 25.1 Å². The topological polar surface area (TPSA) is 68.7 Å². The van der Waals surface area contributed by atoms with Crippen LogP contribution in [0.1, 0.15) is 12.8 Å². The Hall–Kier alpha value is -2.79. The molecular weight excluding hydrogens is 477 g/mol. The molecule has 0 N–H and O–H groups in total. The molecule has 0 saturated carbocycles. The number of rotatable bonds is 6. The van der Waals surface area contributed by atoms with Gasteiger partial charge in [0.25, 0.3) is 0 Å². The zero-order valence-electron chi connectivity index (χ0n) is 17.6. The molecule has 6 nitrogen and oxygen atoms in total. The van der Waals surface area contributed by atoms with Crippen LogP contribution in [0.25, 0.3) is 11.3 Å². The zero-order chi connectivity index (χ0) is 23.6. The lowest BCUT2D eigenvalue weighted by Gasteiger charge is -2.31. The van der Waals surface area contributed by atoms with E-state index in [4.69, 9.17) is 9.72 Å². The van der Waals surface area contributed by atoms with Gasteiger partial charge in [-0.2, -0.15) is 0 Å². The minimum absolute atomic E-state index is 0.00786. The molecule has 2 aromatic carbocycles. The molecule has 176 valence electrons. The molecule has 1 aromatic heterocycles. The van der Waals surface area contributed by atoms with Gasteiger partial charge in [0.15, 0.2) is 15.0 Å². The van der Waals surface area contributed by atoms with Crippen molar-refractivity contribution in [3.8, 4) is 22.8 Å². The molecule has 11 heteroatoms. The number of sulfone groups is 1. The van der Waals surface area contributed by atoms with Crippen molar-refractivity contribution in [3.63, 3.8) is 0 Å². The van der Waals surface area contributed by atoms with Crippen LogP contribution in [0.5, 0.6) is 11.5 Å². The fourth-order valence-electron chi connectivity index (χ4n) is 3.68. The van der Waals surface area contributed by atoms with Gasteiger partial charge >= 0.3 is 6.36 Å². The number of hydrogen-bond donors (Lipinski definition) is 0. The maximum atomic E-state index is 13.0. The van der Waals surface area contributed by atoms with Crippen LogP contribution in [-0.2, 0) is 9.84 Å². The Kier molecular flexibility index (Phi) is 6.53. The number of halogens is 3. The minimum Gasteiger partial charge on any atom is -0.497 e. The van der Waals surface area contributed by atoms with Gasteiger partial charge in [0.2, 0.25) is 0 Å². The van der Waals surface area contributed by atoms with Crippen molar-refractivity contribution in [2.24, 2.45) is 0 Å². The van der Waals surface area contributed by atoms with Crippen LogP contribution < -0.4 is 14.4 Å². The van der Waals surface area contributed by atoms with E-state index in [0.29, 0.717) is 25.9 Å². The van der Waals surface area contributed by atoms with Gasteiger partial charge in [-0.05, 0) is 61.4 Å². The summed E-state index contributed by atoms with van der Waals surface area (Å²) in [5, 5.41) is 2.18. The van der Waals surface area contributed by atoms with Crippen LogP contribution in [-0.4, -0.2) is 45.2 Å². The summed E-state index contributed by atoms with van der Waals surface area (Å²) < 4.78 is 71.9. The number of benzene rings is 2. The van der Waals surface area contributed by atoms with Gasteiger partial charge < -0.3 is 14.4 Å². The van der Waals surface area contributed by atoms with Crippen molar-refractivity contribution in [2.45, 2.75) is 29.3 Å². The fraction of sp³-hybridized carbons (Fsp3) is 0.318. The quantitative estimate of drug-likeness (QED) is 0.468. The number of nitrogens with zero attached hydrogens (tertiary/aromatic N) is 2. The van der Waals surface area contributed by atoms with Crippen LogP contribution in [0.3, 0.4) is 0 Å². The Labute approximate surface area is 193 Å². The zero-order valence-corrected chi connectivity index (χ0v) is 19.2. The van der Waals surface area contributed by atoms with Crippen LogP contribution in [0.2, 0.25) is 0 Å². The molecule has 2 heterocycles. The van der Waals surface area contributed by atoms with Crippen molar-refractivity contribution < 1.29 is 31.1 Å². The van der Waals surface area contributed by atoms with E-state index in [1.54, 1.807) is 7.11 Å². The average molecular weight is 499 g/mol. The summed E-state index contributed by atoms with van der Waals surface area (Å²) in [4.78, 5) is 6.74. The molecule has 0 bridgehead atoms. The number of anilines is 1. The monoisotopic (exact) mass is 498 g/mol. The highest BCUT2D eigenvalue weighted by atomic mass is 32.2. The lowest BCUT2D eigenvalue weighted by molar-refractivity contribution is -0.274. The molecular formula is C22H21F3N2O4S2. The largest absolute Gasteiger partial charge is 0.573 e. The number of methoxy groups -OCH3 is 1. The Balaban J connectivity index is 1.39. The highest BCUT2D eigenvalue weighted by Crippen LogP contribution is 2.33. The van der Waals surface area contributed by atoms with E-state index in [2.05, 4.69) is 9.64 Å². The van der Waals surface area contributed by atoms with E-state index in [9.17, 15) is 21.6 Å². The first-order valence-electron chi connectivity index (χ1n) is 10.1. The third-order valence-electron chi connectivity index (χ3n) is 5.42. The third-order valence-corrected chi connectivity index (χ3v) is 8.59. The Morgan fingerprint density at radius 2 is 1.61 bits per heavy atom. The molecule has 4 rings (SSSR count). The maximum Gasteiger partial charge on any atom is 0.573 e. The van der Waals surface area contributed by atoms with Crippen LogP contribution in [0.15, 0.2) is 58.8 Å². The van der Waals surface area contributed by atoms with Gasteiger partial charge in [0.1, 0.15) is 11.5 Å². The summed E-state index contributed by atoms with van der Waals surface area (Å²) in [5.74, 6) is 0.313. The van der Waals surface area contributed by atoms with Crippen LogP contribution in [0.4, 0.5) is 18.3 Å². The number of aromatic nitrogens is 1. The van der Waals surface area contributed by atoms with Gasteiger partial charge in [-0.25, -0.2) is 13.4 Å². The molecule has 1 fully saturated rings. The first kappa shape index (κ1) is 23.4.